The second kappa shape index (κ2) is 5.40. The molecule has 0 aliphatic heterocycles. The predicted molar refractivity (Wildman–Crippen MR) is 74.3 cm³/mol. The van der Waals surface area contributed by atoms with Gasteiger partial charge in [-0.15, -0.1) is 0 Å². The lowest BCUT2D eigenvalue weighted by Gasteiger charge is -2.37. The standard InChI is InChI=1S/C16H24FN/c1-12(2)13-8-14(10-15(17)9-13)16(11-18)6-4-3-5-7-16/h8-10,12H,3-7,11,18H2,1-2H3. The summed E-state index contributed by atoms with van der Waals surface area (Å²) >= 11 is 0. The molecule has 0 saturated heterocycles. The summed E-state index contributed by atoms with van der Waals surface area (Å²) in [5.74, 6) is 0.243. The van der Waals surface area contributed by atoms with Crippen LogP contribution in [0.5, 0.6) is 0 Å². The monoisotopic (exact) mass is 249 g/mol. The van der Waals surface area contributed by atoms with E-state index in [4.69, 9.17) is 5.73 Å². The van der Waals surface area contributed by atoms with Crippen molar-refractivity contribution in [3.8, 4) is 0 Å². The highest BCUT2D eigenvalue weighted by molar-refractivity contribution is 5.33. The fourth-order valence-corrected chi connectivity index (χ4v) is 3.09. The molecule has 0 bridgehead atoms. The van der Waals surface area contributed by atoms with Gasteiger partial charge in [0.25, 0.3) is 0 Å². The Morgan fingerprint density at radius 2 is 1.83 bits per heavy atom. The summed E-state index contributed by atoms with van der Waals surface area (Å²) in [4.78, 5) is 0. The highest BCUT2D eigenvalue weighted by Gasteiger charge is 2.33. The van der Waals surface area contributed by atoms with Crippen LogP contribution in [0.2, 0.25) is 0 Å². The number of nitrogens with two attached hydrogens (primary N) is 1. The Balaban J connectivity index is 2.41. The third kappa shape index (κ3) is 2.59. The van der Waals surface area contributed by atoms with Gasteiger partial charge in [-0.05, 0) is 42.0 Å². The Hall–Kier alpha value is -0.890. The number of benzene rings is 1. The molecule has 0 amide bonds. The van der Waals surface area contributed by atoms with E-state index in [1.165, 1.54) is 19.3 Å². The van der Waals surface area contributed by atoms with Gasteiger partial charge in [0.15, 0.2) is 0 Å². The lowest BCUT2D eigenvalue weighted by Crippen LogP contribution is -2.37. The van der Waals surface area contributed by atoms with Gasteiger partial charge in [-0.1, -0.05) is 39.2 Å². The Labute approximate surface area is 110 Å². The van der Waals surface area contributed by atoms with E-state index in [9.17, 15) is 4.39 Å². The lowest BCUT2D eigenvalue weighted by molar-refractivity contribution is 0.299. The molecule has 1 fully saturated rings. The molecule has 100 valence electrons. The topological polar surface area (TPSA) is 26.0 Å². The van der Waals surface area contributed by atoms with Crippen molar-refractivity contribution in [1.82, 2.24) is 0 Å². The fourth-order valence-electron chi connectivity index (χ4n) is 3.09. The molecule has 2 heteroatoms. The zero-order valence-electron chi connectivity index (χ0n) is 11.5. The minimum Gasteiger partial charge on any atom is -0.330 e. The highest BCUT2D eigenvalue weighted by atomic mass is 19.1. The van der Waals surface area contributed by atoms with Crippen LogP contribution in [-0.4, -0.2) is 6.54 Å². The molecule has 1 aromatic carbocycles. The number of hydrogen-bond donors (Lipinski definition) is 1. The first-order chi connectivity index (χ1) is 8.57. The number of rotatable bonds is 3. The summed E-state index contributed by atoms with van der Waals surface area (Å²) in [5.41, 5.74) is 8.25. The van der Waals surface area contributed by atoms with Gasteiger partial charge in [-0.25, -0.2) is 4.39 Å². The third-order valence-electron chi connectivity index (χ3n) is 4.40. The van der Waals surface area contributed by atoms with E-state index in [2.05, 4.69) is 19.9 Å². The first-order valence-electron chi connectivity index (χ1n) is 7.08. The quantitative estimate of drug-likeness (QED) is 0.857. The van der Waals surface area contributed by atoms with Gasteiger partial charge in [0.1, 0.15) is 5.82 Å². The minimum absolute atomic E-state index is 0.0178. The maximum absolute atomic E-state index is 13.8. The molecule has 1 aromatic rings. The summed E-state index contributed by atoms with van der Waals surface area (Å²) in [5, 5.41) is 0. The van der Waals surface area contributed by atoms with Gasteiger partial charge in [0.05, 0.1) is 0 Å². The molecule has 1 nitrogen and oxygen atoms in total. The molecule has 1 saturated carbocycles. The van der Waals surface area contributed by atoms with Crippen molar-refractivity contribution in [2.75, 3.05) is 6.54 Å². The molecule has 1 aliphatic carbocycles. The molecule has 0 aromatic heterocycles. The van der Waals surface area contributed by atoms with Crippen molar-refractivity contribution < 1.29 is 4.39 Å². The van der Waals surface area contributed by atoms with Gasteiger partial charge < -0.3 is 5.73 Å². The fraction of sp³-hybridized carbons (Fsp3) is 0.625. The number of hydrogen-bond acceptors (Lipinski definition) is 1. The van der Waals surface area contributed by atoms with Crippen LogP contribution in [0.3, 0.4) is 0 Å². The first-order valence-corrected chi connectivity index (χ1v) is 7.08. The van der Waals surface area contributed by atoms with Crippen molar-refractivity contribution >= 4 is 0 Å². The Morgan fingerprint density at radius 1 is 1.17 bits per heavy atom. The lowest BCUT2D eigenvalue weighted by atomic mass is 9.69. The predicted octanol–water partition coefficient (Wildman–Crippen LogP) is 4.11. The maximum Gasteiger partial charge on any atom is 0.123 e. The Bertz CT molecular complexity index is 406. The second-order valence-corrected chi connectivity index (χ2v) is 5.97. The van der Waals surface area contributed by atoms with Gasteiger partial charge in [-0.3, -0.25) is 0 Å². The van der Waals surface area contributed by atoms with Crippen molar-refractivity contribution in [3.63, 3.8) is 0 Å². The van der Waals surface area contributed by atoms with Crippen LogP contribution in [0.15, 0.2) is 18.2 Å². The van der Waals surface area contributed by atoms with E-state index in [0.29, 0.717) is 12.5 Å². The number of halogens is 1. The first kappa shape index (κ1) is 13.5. The van der Waals surface area contributed by atoms with Crippen LogP contribution >= 0.6 is 0 Å². The molecular formula is C16H24FN. The van der Waals surface area contributed by atoms with E-state index in [0.717, 1.165) is 24.0 Å². The zero-order chi connectivity index (χ0) is 13.2. The molecule has 18 heavy (non-hydrogen) atoms. The summed E-state index contributed by atoms with van der Waals surface area (Å²) in [6.45, 7) is 4.84. The van der Waals surface area contributed by atoms with E-state index in [1.807, 2.05) is 0 Å². The summed E-state index contributed by atoms with van der Waals surface area (Å²) < 4.78 is 13.8. The van der Waals surface area contributed by atoms with Crippen molar-refractivity contribution in [2.24, 2.45) is 5.73 Å². The van der Waals surface area contributed by atoms with Crippen LogP contribution in [0.4, 0.5) is 4.39 Å². The second-order valence-electron chi connectivity index (χ2n) is 5.97. The van der Waals surface area contributed by atoms with E-state index in [1.54, 1.807) is 12.1 Å². The van der Waals surface area contributed by atoms with Crippen molar-refractivity contribution in [1.29, 1.82) is 0 Å². The summed E-state index contributed by atoms with van der Waals surface area (Å²) in [6, 6.07) is 5.52. The van der Waals surface area contributed by atoms with Crippen LogP contribution in [-0.2, 0) is 5.41 Å². The SMILES string of the molecule is CC(C)c1cc(F)cc(C2(CN)CCCCC2)c1. The van der Waals surface area contributed by atoms with E-state index in [-0.39, 0.29) is 11.2 Å². The van der Waals surface area contributed by atoms with Crippen LogP contribution in [0.25, 0.3) is 0 Å². The molecule has 0 unspecified atom stereocenters. The molecule has 0 radical (unpaired) electrons. The zero-order valence-corrected chi connectivity index (χ0v) is 11.5. The molecular weight excluding hydrogens is 225 g/mol. The average molecular weight is 249 g/mol. The van der Waals surface area contributed by atoms with Crippen LogP contribution < -0.4 is 5.73 Å². The van der Waals surface area contributed by atoms with Crippen LogP contribution in [0, 0.1) is 5.82 Å². The van der Waals surface area contributed by atoms with Gasteiger partial charge in [-0.2, -0.15) is 0 Å². The highest BCUT2D eigenvalue weighted by Crippen LogP contribution is 2.39. The van der Waals surface area contributed by atoms with Crippen LogP contribution in [0.1, 0.15) is 63.0 Å². The van der Waals surface area contributed by atoms with Crippen molar-refractivity contribution in [3.05, 3.63) is 35.1 Å². The largest absolute Gasteiger partial charge is 0.330 e. The van der Waals surface area contributed by atoms with Crippen molar-refractivity contribution in [2.45, 2.75) is 57.3 Å². The van der Waals surface area contributed by atoms with Gasteiger partial charge >= 0.3 is 0 Å². The minimum atomic E-state index is -0.116. The molecule has 2 N–H and O–H groups in total. The Morgan fingerprint density at radius 3 is 2.39 bits per heavy atom. The average Bonchev–Trinajstić information content (AvgIpc) is 2.38. The van der Waals surface area contributed by atoms with Gasteiger partial charge in [0.2, 0.25) is 0 Å². The molecule has 0 atom stereocenters. The van der Waals surface area contributed by atoms with E-state index < -0.39 is 0 Å². The maximum atomic E-state index is 13.8. The molecule has 0 spiro atoms. The summed E-state index contributed by atoms with van der Waals surface area (Å²) in [7, 11) is 0. The van der Waals surface area contributed by atoms with E-state index >= 15 is 0 Å². The molecule has 1 aliphatic rings. The summed E-state index contributed by atoms with van der Waals surface area (Å²) in [6.07, 6.45) is 5.92. The normalized spacial score (nSPS) is 19.2. The smallest absolute Gasteiger partial charge is 0.123 e. The third-order valence-corrected chi connectivity index (χ3v) is 4.40. The molecule has 0 heterocycles. The molecule has 2 rings (SSSR count). The van der Waals surface area contributed by atoms with Gasteiger partial charge in [0, 0.05) is 12.0 Å². The Kier molecular flexibility index (Phi) is 4.06.